The van der Waals surface area contributed by atoms with Gasteiger partial charge in [-0.3, -0.25) is 4.79 Å². The highest BCUT2D eigenvalue weighted by molar-refractivity contribution is 6.06. The van der Waals surface area contributed by atoms with Crippen LogP contribution in [0.15, 0.2) is 78.9 Å². The van der Waals surface area contributed by atoms with Gasteiger partial charge in [0.2, 0.25) is 0 Å². The van der Waals surface area contributed by atoms with Crippen molar-refractivity contribution in [3.8, 4) is 11.3 Å². The van der Waals surface area contributed by atoms with Crippen molar-refractivity contribution >= 4 is 22.7 Å². The summed E-state index contributed by atoms with van der Waals surface area (Å²) in [5, 5.41) is 0.697. The zero-order valence-electron chi connectivity index (χ0n) is 18.5. The Labute approximate surface area is 187 Å². The largest absolute Gasteiger partial charge is 0.454 e. The SMILES string of the molecule is Cc1ccc(C(=O)COC(=O)c2cc(-c3ccc(C(C)C)cc3)nc3ccccc23)cc1. The maximum absolute atomic E-state index is 13.0. The van der Waals surface area contributed by atoms with Crippen molar-refractivity contribution in [1.82, 2.24) is 4.98 Å². The smallest absolute Gasteiger partial charge is 0.339 e. The minimum atomic E-state index is -0.538. The van der Waals surface area contributed by atoms with E-state index in [0.29, 0.717) is 33.6 Å². The molecule has 0 spiro atoms. The molecule has 0 bridgehead atoms. The van der Waals surface area contributed by atoms with Crippen molar-refractivity contribution in [3.05, 3.63) is 101 Å². The lowest BCUT2D eigenvalue weighted by molar-refractivity contribution is 0.0476. The number of benzene rings is 3. The predicted molar refractivity (Wildman–Crippen MR) is 127 cm³/mol. The van der Waals surface area contributed by atoms with Crippen LogP contribution >= 0.6 is 0 Å². The minimum Gasteiger partial charge on any atom is -0.454 e. The summed E-state index contributed by atoms with van der Waals surface area (Å²) in [6, 6.07) is 24.6. The summed E-state index contributed by atoms with van der Waals surface area (Å²) in [7, 11) is 0. The molecule has 0 aliphatic heterocycles. The summed E-state index contributed by atoms with van der Waals surface area (Å²) < 4.78 is 5.41. The number of hydrogen-bond donors (Lipinski definition) is 0. The molecule has 0 aliphatic rings. The second-order valence-electron chi connectivity index (χ2n) is 8.21. The number of hydrogen-bond acceptors (Lipinski definition) is 4. The fraction of sp³-hybridized carbons (Fsp3) is 0.179. The third-order valence-corrected chi connectivity index (χ3v) is 5.52. The Bertz CT molecular complexity index is 1270. The maximum atomic E-state index is 13.0. The zero-order valence-corrected chi connectivity index (χ0v) is 18.5. The van der Waals surface area contributed by atoms with Crippen LogP contribution in [0.1, 0.15) is 51.6 Å². The quantitative estimate of drug-likeness (QED) is 0.267. The van der Waals surface area contributed by atoms with Gasteiger partial charge in [-0.25, -0.2) is 9.78 Å². The molecule has 0 amide bonds. The molecule has 1 heterocycles. The Morgan fingerprint density at radius 1 is 0.906 bits per heavy atom. The average Bonchev–Trinajstić information content (AvgIpc) is 2.82. The van der Waals surface area contributed by atoms with Crippen molar-refractivity contribution in [3.63, 3.8) is 0 Å². The van der Waals surface area contributed by atoms with Crippen LogP contribution in [-0.2, 0) is 4.74 Å². The molecule has 160 valence electrons. The summed E-state index contributed by atoms with van der Waals surface area (Å²) in [6.07, 6.45) is 0. The Morgan fingerprint density at radius 2 is 1.59 bits per heavy atom. The van der Waals surface area contributed by atoms with Gasteiger partial charge in [0.15, 0.2) is 12.4 Å². The number of fused-ring (bicyclic) bond motifs is 1. The number of aromatic nitrogens is 1. The molecule has 0 radical (unpaired) electrons. The lowest BCUT2D eigenvalue weighted by Crippen LogP contribution is -2.15. The molecular formula is C28H25NO3. The Balaban J connectivity index is 1.62. The molecule has 0 atom stereocenters. The van der Waals surface area contributed by atoms with Gasteiger partial charge >= 0.3 is 5.97 Å². The number of carbonyl (C=O) groups excluding carboxylic acids is 2. The highest BCUT2D eigenvalue weighted by Crippen LogP contribution is 2.27. The number of esters is 1. The van der Waals surface area contributed by atoms with E-state index >= 15 is 0 Å². The van der Waals surface area contributed by atoms with Gasteiger partial charge in [-0.1, -0.05) is 86.1 Å². The first-order valence-electron chi connectivity index (χ1n) is 10.7. The number of pyridine rings is 1. The molecule has 0 N–H and O–H groups in total. The van der Waals surface area contributed by atoms with Crippen LogP contribution in [0.3, 0.4) is 0 Å². The normalized spacial score (nSPS) is 11.0. The van der Waals surface area contributed by atoms with Crippen LogP contribution < -0.4 is 0 Å². The molecule has 32 heavy (non-hydrogen) atoms. The van der Waals surface area contributed by atoms with E-state index < -0.39 is 5.97 Å². The van der Waals surface area contributed by atoms with E-state index in [1.807, 2.05) is 55.5 Å². The average molecular weight is 424 g/mol. The van der Waals surface area contributed by atoms with Gasteiger partial charge in [-0.15, -0.1) is 0 Å². The molecule has 0 saturated carbocycles. The summed E-state index contributed by atoms with van der Waals surface area (Å²) in [4.78, 5) is 30.2. The van der Waals surface area contributed by atoms with Gasteiger partial charge in [-0.2, -0.15) is 0 Å². The molecule has 0 fully saturated rings. The van der Waals surface area contributed by atoms with Crippen molar-refractivity contribution in [2.24, 2.45) is 0 Å². The van der Waals surface area contributed by atoms with Crippen LogP contribution in [0, 0.1) is 6.92 Å². The van der Waals surface area contributed by atoms with E-state index in [9.17, 15) is 9.59 Å². The number of nitrogens with zero attached hydrogens (tertiary/aromatic N) is 1. The Hall–Kier alpha value is -3.79. The van der Waals surface area contributed by atoms with E-state index in [4.69, 9.17) is 9.72 Å². The van der Waals surface area contributed by atoms with Gasteiger partial charge in [0.25, 0.3) is 0 Å². The van der Waals surface area contributed by atoms with Crippen molar-refractivity contribution in [2.45, 2.75) is 26.7 Å². The number of Topliss-reactive ketones (excluding diaryl/α,β-unsaturated/α-hetero) is 1. The third-order valence-electron chi connectivity index (χ3n) is 5.52. The van der Waals surface area contributed by atoms with Crippen LogP contribution in [-0.4, -0.2) is 23.3 Å². The lowest BCUT2D eigenvalue weighted by Gasteiger charge is -2.11. The first kappa shape index (κ1) is 21.4. The monoisotopic (exact) mass is 423 g/mol. The molecule has 4 aromatic rings. The van der Waals surface area contributed by atoms with Crippen molar-refractivity contribution < 1.29 is 14.3 Å². The number of para-hydroxylation sites is 1. The highest BCUT2D eigenvalue weighted by Gasteiger charge is 2.17. The van der Waals surface area contributed by atoms with Crippen LogP contribution in [0.5, 0.6) is 0 Å². The molecule has 4 rings (SSSR count). The first-order chi connectivity index (χ1) is 15.4. The number of rotatable bonds is 6. The predicted octanol–water partition coefficient (Wildman–Crippen LogP) is 6.37. The third kappa shape index (κ3) is 4.59. The summed E-state index contributed by atoms with van der Waals surface area (Å²) in [6.45, 7) is 5.94. The number of ketones is 1. The van der Waals surface area contributed by atoms with E-state index in [-0.39, 0.29) is 12.4 Å². The second kappa shape index (κ2) is 9.15. The second-order valence-corrected chi connectivity index (χ2v) is 8.21. The first-order valence-corrected chi connectivity index (χ1v) is 10.7. The Kier molecular flexibility index (Phi) is 6.13. The zero-order chi connectivity index (χ0) is 22.7. The van der Waals surface area contributed by atoms with Crippen molar-refractivity contribution in [2.75, 3.05) is 6.61 Å². The maximum Gasteiger partial charge on any atom is 0.339 e. The van der Waals surface area contributed by atoms with Gasteiger partial charge in [0.1, 0.15) is 0 Å². The van der Waals surface area contributed by atoms with Gasteiger partial charge < -0.3 is 4.74 Å². The van der Waals surface area contributed by atoms with E-state index in [0.717, 1.165) is 11.1 Å². The number of aryl methyl sites for hydroxylation is 1. The van der Waals surface area contributed by atoms with Gasteiger partial charge in [0.05, 0.1) is 16.8 Å². The summed E-state index contributed by atoms with van der Waals surface area (Å²) in [5.74, 6) is -0.337. The minimum absolute atomic E-state index is 0.235. The summed E-state index contributed by atoms with van der Waals surface area (Å²) in [5.41, 5.74) is 5.54. The van der Waals surface area contributed by atoms with E-state index in [2.05, 4.69) is 26.0 Å². The topological polar surface area (TPSA) is 56.3 Å². The molecule has 0 unspecified atom stereocenters. The highest BCUT2D eigenvalue weighted by atomic mass is 16.5. The van der Waals surface area contributed by atoms with Crippen LogP contribution in [0.2, 0.25) is 0 Å². The van der Waals surface area contributed by atoms with Crippen LogP contribution in [0.4, 0.5) is 0 Å². The molecule has 0 saturated heterocycles. The number of carbonyl (C=O) groups is 2. The fourth-order valence-corrected chi connectivity index (χ4v) is 3.56. The molecule has 4 nitrogen and oxygen atoms in total. The number of ether oxygens (including phenoxy) is 1. The van der Waals surface area contributed by atoms with Gasteiger partial charge in [-0.05, 0) is 30.5 Å². The van der Waals surface area contributed by atoms with E-state index in [1.165, 1.54) is 5.56 Å². The standard InChI is InChI=1S/C28H25NO3/c1-18(2)20-12-14-21(15-13-20)26-16-24(23-6-4-5-7-25(23)29-26)28(31)32-17-27(30)22-10-8-19(3)9-11-22/h4-16,18H,17H2,1-3H3. The fourth-order valence-electron chi connectivity index (χ4n) is 3.56. The molecule has 1 aromatic heterocycles. The molecule has 0 aliphatic carbocycles. The molecule has 3 aromatic carbocycles. The molecule has 4 heteroatoms. The lowest BCUT2D eigenvalue weighted by atomic mass is 9.99. The summed E-state index contributed by atoms with van der Waals surface area (Å²) >= 11 is 0. The Morgan fingerprint density at radius 3 is 2.28 bits per heavy atom. The molecular weight excluding hydrogens is 398 g/mol. The van der Waals surface area contributed by atoms with Gasteiger partial charge in [0, 0.05) is 16.5 Å². The van der Waals surface area contributed by atoms with Crippen molar-refractivity contribution in [1.29, 1.82) is 0 Å². The van der Waals surface area contributed by atoms with Crippen LogP contribution in [0.25, 0.3) is 22.2 Å². The van der Waals surface area contributed by atoms with E-state index in [1.54, 1.807) is 18.2 Å².